The van der Waals surface area contributed by atoms with Crippen LogP contribution in [0.4, 0.5) is 0 Å². The third-order valence-corrected chi connectivity index (χ3v) is 2.29. The molecule has 66 valence electrons. The number of allylic oxidation sites excluding steroid dienone is 1. The summed E-state index contributed by atoms with van der Waals surface area (Å²) < 4.78 is 5.25. The van der Waals surface area contributed by atoms with Crippen LogP contribution in [-0.4, -0.2) is 16.6 Å². The van der Waals surface area contributed by atoms with E-state index < -0.39 is 0 Å². The van der Waals surface area contributed by atoms with Crippen LogP contribution in [-0.2, 0) is 4.43 Å². The van der Waals surface area contributed by atoms with E-state index in [1.807, 2.05) is 0 Å². The predicted molar refractivity (Wildman–Crippen MR) is 53.7 cm³/mol. The normalized spacial score (nSPS) is 16.0. The van der Waals surface area contributed by atoms with E-state index >= 15 is 0 Å². The lowest BCUT2D eigenvalue weighted by Gasteiger charge is -2.12. The Labute approximate surface area is 73.4 Å². The average Bonchev–Trinajstić information content (AvgIpc) is 1.85. The van der Waals surface area contributed by atoms with Crippen molar-refractivity contribution in [3.8, 4) is 0 Å². The molecule has 0 aliphatic rings. The average molecular weight is 172 g/mol. The van der Waals surface area contributed by atoms with E-state index in [2.05, 4.69) is 39.8 Å². The Bertz CT molecular complexity index is 124. The van der Waals surface area contributed by atoms with Gasteiger partial charge < -0.3 is 4.43 Å². The van der Waals surface area contributed by atoms with Crippen LogP contribution in [0, 0.1) is 5.41 Å². The molecule has 0 spiro atoms. The summed E-state index contributed by atoms with van der Waals surface area (Å²) >= 11 is 0. The van der Waals surface area contributed by atoms with E-state index in [1.54, 1.807) is 0 Å². The third kappa shape index (κ3) is 7.82. The van der Waals surface area contributed by atoms with Gasteiger partial charge in [-0.25, -0.2) is 0 Å². The minimum Gasteiger partial charge on any atom is -0.425 e. The molecule has 11 heavy (non-hydrogen) atoms. The summed E-state index contributed by atoms with van der Waals surface area (Å²) in [5.41, 5.74) is 0.310. The summed E-state index contributed by atoms with van der Waals surface area (Å²) in [7, 11) is 0.845. The van der Waals surface area contributed by atoms with Crippen LogP contribution in [0.15, 0.2) is 12.2 Å². The van der Waals surface area contributed by atoms with Crippen molar-refractivity contribution in [3.63, 3.8) is 0 Å². The topological polar surface area (TPSA) is 9.23 Å². The van der Waals surface area contributed by atoms with Gasteiger partial charge in [-0.2, -0.15) is 0 Å². The lowest BCUT2D eigenvalue weighted by molar-refractivity contribution is 0.247. The quantitative estimate of drug-likeness (QED) is 0.465. The molecule has 0 bridgehead atoms. The predicted octanol–water partition coefficient (Wildman–Crippen LogP) is 1.66. The van der Waals surface area contributed by atoms with Crippen molar-refractivity contribution < 1.29 is 4.43 Å². The number of hydrogen-bond acceptors (Lipinski definition) is 1. The molecule has 0 aromatic heterocycles. The molecule has 0 N–H and O–H groups in total. The van der Waals surface area contributed by atoms with Gasteiger partial charge in [-0.1, -0.05) is 32.9 Å². The maximum Gasteiger partial charge on any atom is 0.146 e. The SMILES string of the molecule is CC(CC=CC(C)(C)C)O[SiH3]. The van der Waals surface area contributed by atoms with Crippen LogP contribution in [0.25, 0.3) is 0 Å². The Morgan fingerprint density at radius 1 is 1.45 bits per heavy atom. The summed E-state index contributed by atoms with van der Waals surface area (Å²) in [6.45, 7) is 8.72. The number of hydrogen-bond donors (Lipinski definition) is 0. The smallest absolute Gasteiger partial charge is 0.146 e. The first kappa shape index (κ1) is 10.9. The van der Waals surface area contributed by atoms with Gasteiger partial charge in [0.05, 0.1) is 0 Å². The fourth-order valence-corrected chi connectivity index (χ4v) is 0.902. The van der Waals surface area contributed by atoms with Crippen molar-refractivity contribution in [2.24, 2.45) is 5.41 Å². The van der Waals surface area contributed by atoms with E-state index in [9.17, 15) is 0 Å². The molecular formula is C9H20OSi. The second kappa shape index (κ2) is 4.73. The van der Waals surface area contributed by atoms with E-state index in [0.29, 0.717) is 11.5 Å². The molecule has 0 aliphatic carbocycles. The van der Waals surface area contributed by atoms with Crippen LogP contribution in [0.2, 0.25) is 0 Å². The first-order valence-corrected chi connectivity index (χ1v) is 4.98. The van der Waals surface area contributed by atoms with E-state index in [1.165, 1.54) is 0 Å². The Morgan fingerprint density at radius 2 is 2.00 bits per heavy atom. The van der Waals surface area contributed by atoms with Gasteiger partial charge in [-0.15, -0.1) is 0 Å². The molecule has 0 radical (unpaired) electrons. The second-order valence-electron chi connectivity index (χ2n) is 4.05. The minimum absolute atomic E-state index is 0.310. The van der Waals surface area contributed by atoms with Gasteiger partial charge in [0, 0.05) is 6.10 Å². The summed E-state index contributed by atoms with van der Waals surface area (Å²) in [5, 5.41) is 0. The lowest BCUT2D eigenvalue weighted by atomic mass is 9.96. The summed E-state index contributed by atoms with van der Waals surface area (Å²) in [5.74, 6) is 0. The monoisotopic (exact) mass is 172 g/mol. The van der Waals surface area contributed by atoms with Crippen LogP contribution in [0.5, 0.6) is 0 Å². The van der Waals surface area contributed by atoms with Crippen molar-refractivity contribution in [2.45, 2.75) is 40.2 Å². The van der Waals surface area contributed by atoms with E-state index in [4.69, 9.17) is 4.43 Å². The van der Waals surface area contributed by atoms with E-state index in [0.717, 1.165) is 16.9 Å². The van der Waals surface area contributed by atoms with Gasteiger partial charge in [0.1, 0.15) is 10.5 Å². The standard InChI is InChI=1S/C9H20OSi/c1-8(10-11)6-5-7-9(2,3)4/h5,7-8H,6H2,1-4,11H3. The fourth-order valence-electron chi connectivity index (χ4n) is 0.709. The summed E-state index contributed by atoms with van der Waals surface area (Å²) in [6.07, 6.45) is 5.90. The molecule has 1 nitrogen and oxygen atoms in total. The molecular weight excluding hydrogens is 152 g/mol. The maximum absolute atomic E-state index is 5.25. The molecule has 0 aromatic carbocycles. The van der Waals surface area contributed by atoms with Gasteiger partial charge in [0.15, 0.2) is 0 Å². The zero-order valence-electron chi connectivity index (χ0n) is 8.35. The van der Waals surface area contributed by atoms with Crippen molar-refractivity contribution in [2.75, 3.05) is 0 Å². The molecule has 1 unspecified atom stereocenters. The Balaban J connectivity index is 3.61. The first-order chi connectivity index (χ1) is 4.95. The molecule has 2 heteroatoms. The first-order valence-electron chi connectivity index (χ1n) is 4.16. The molecule has 0 saturated heterocycles. The lowest BCUT2D eigenvalue weighted by Crippen LogP contribution is -2.04. The van der Waals surface area contributed by atoms with Gasteiger partial charge >= 0.3 is 0 Å². The Kier molecular flexibility index (Phi) is 4.69. The van der Waals surface area contributed by atoms with Gasteiger partial charge in [0.2, 0.25) is 0 Å². The Hall–Kier alpha value is -0.0831. The maximum atomic E-state index is 5.25. The van der Waals surface area contributed by atoms with Crippen molar-refractivity contribution in [1.29, 1.82) is 0 Å². The van der Waals surface area contributed by atoms with Crippen molar-refractivity contribution in [3.05, 3.63) is 12.2 Å². The van der Waals surface area contributed by atoms with Crippen LogP contribution < -0.4 is 0 Å². The fraction of sp³-hybridized carbons (Fsp3) is 0.778. The van der Waals surface area contributed by atoms with E-state index in [-0.39, 0.29) is 0 Å². The molecule has 0 amide bonds. The van der Waals surface area contributed by atoms with Gasteiger partial charge in [0.25, 0.3) is 0 Å². The van der Waals surface area contributed by atoms with Crippen LogP contribution in [0.3, 0.4) is 0 Å². The Morgan fingerprint density at radius 3 is 2.36 bits per heavy atom. The zero-order valence-corrected chi connectivity index (χ0v) is 10.3. The molecule has 0 fully saturated rings. The van der Waals surface area contributed by atoms with Crippen molar-refractivity contribution in [1.82, 2.24) is 0 Å². The highest BCUT2D eigenvalue weighted by molar-refractivity contribution is 5.98. The van der Waals surface area contributed by atoms with Crippen molar-refractivity contribution >= 4 is 10.5 Å². The minimum atomic E-state index is 0.310. The summed E-state index contributed by atoms with van der Waals surface area (Å²) in [4.78, 5) is 0. The zero-order chi connectivity index (χ0) is 8.91. The highest BCUT2D eigenvalue weighted by atomic mass is 28.2. The summed E-state index contributed by atoms with van der Waals surface area (Å²) in [6, 6.07) is 0. The second-order valence-corrected chi connectivity index (χ2v) is 4.52. The third-order valence-electron chi connectivity index (χ3n) is 1.49. The van der Waals surface area contributed by atoms with Crippen LogP contribution in [0.1, 0.15) is 34.1 Å². The number of rotatable bonds is 3. The molecule has 0 aromatic rings. The molecule has 0 aliphatic heterocycles. The van der Waals surface area contributed by atoms with Gasteiger partial charge in [-0.3, -0.25) is 0 Å². The largest absolute Gasteiger partial charge is 0.425 e. The highest BCUT2D eigenvalue weighted by Crippen LogP contribution is 2.15. The van der Waals surface area contributed by atoms with Crippen LogP contribution >= 0.6 is 0 Å². The molecule has 0 heterocycles. The highest BCUT2D eigenvalue weighted by Gasteiger charge is 2.03. The molecule has 0 rings (SSSR count). The molecule has 0 saturated carbocycles. The van der Waals surface area contributed by atoms with Gasteiger partial charge in [-0.05, 0) is 18.8 Å². The molecule has 1 atom stereocenters.